The highest BCUT2D eigenvalue weighted by molar-refractivity contribution is 7.94. The Labute approximate surface area is 131 Å². The molecular formula is C15H13NO4S2. The van der Waals surface area contributed by atoms with Gasteiger partial charge in [-0.3, -0.25) is 4.79 Å². The molecule has 0 aliphatic carbocycles. The molecular weight excluding hydrogens is 322 g/mol. The van der Waals surface area contributed by atoms with Crippen LogP contribution in [0, 0.1) is 0 Å². The Kier molecular flexibility index (Phi) is 3.62. The van der Waals surface area contributed by atoms with E-state index in [1.54, 1.807) is 38.1 Å². The lowest BCUT2D eigenvalue weighted by Crippen LogP contribution is -2.13. The number of aldehydes is 1. The molecule has 0 amide bonds. The van der Waals surface area contributed by atoms with Crippen LogP contribution < -0.4 is 0 Å². The van der Waals surface area contributed by atoms with Crippen LogP contribution in [0.25, 0.3) is 21.5 Å². The second kappa shape index (κ2) is 5.33. The lowest BCUT2D eigenvalue weighted by atomic mass is 10.2. The van der Waals surface area contributed by atoms with Crippen LogP contribution in [-0.4, -0.2) is 24.9 Å². The van der Waals surface area contributed by atoms with Gasteiger partial charge in [0.2, 0.25) is 14.2 Å². The van der Waals surface area contributed by atoms with Gasteiger partial charge in [-0.05, 0) is 44.2 Å². The van der Waals surface area contributed by atoms with Crippen molar-refractivity contribution in [3.63, 3.8) is 0 Å². The summed E-state index contributed by atoms with van der Waals surface area (Å²) in [6, 6.07) is 8.66. The standard InChI is InChI=1S/C15H13NO4S2/c1-9(2)22(18,19)15-16-12-5-3-10(7-14(12)21-15)13-6-4-11(8-17)20-13/h3-9H,1-2H3. The second-order valence-electron chi connectivity index (χ2n) is 5.08. The fourth-order valence-electron chi connectivity index (χ4n) is 1.95. The van der Waals surface area contributed by atoms with Crippen molar-refractivity contribution in [1.29, 1.82) is 0 Å². The predicted octanol–water partition coefficient (Wildman–Crippen LogP) is 3.55. The summed E-state index contributed by atoms with van der Waals surface area (Å²) in [5.74, 6) is 0.813. The molecule has 0 unspecified atom stereocenters. The highest BCUT2D eigenvalue weighted by Crippen LogP contribution is 2.32. The van der Waals surface area contributed by atoms with E-state index in [1.807, 2.05) is 6.07 Å². The largest absolute Gasteiger partial charge is 0.453 e. The van der Waals surface area contributed by atoms with Gasteiger partial charge in [-0.15, -0.1) is 11.3 Å². The zero-order chi connectivity index (χ0) is 15.9. The molecule has 1 aromatic carbocycles. The number of thiazole rings is 1. The number of carbonyl (C=O) groups excluding carboxylic acids is 1. The molecule has 0 bridgehead atoms. The van der Waals surface area contributed by atoms with Gasteiger partial charge < -0.3 is 4.42 Å². The third-order valence-electron chi connectivity index (χ3n) is 3.26. The monoisotopic (exact) mass is 335 g/mol. The Hall–Kier alpha value is -1.99. The molecule has 0 aliphatic heterocycles. The van der Waals surface area contributed by atoms with Crippen molar-refractivity contribution in [3.05, 3.63) is 36.1 Å². The van der Waals surface area contributed by atoms with Gasteiger partial charge in [0.1, 0.15) is 5.76 Å². The molecule has 0 fully saturated rings. The third-order valence-corrected chi connectivity index (χ3v) is 6.84. The molecule has 114 valence electrons. The van der Waals surface area contributed by atoms with Gasteiger partial charge in [0.05, 0.1) is 15.5 Å². The summed E-state index contributed by atoms with van der Waals surface area (Å²) >= 11 is 1.14. The highest BCUT2D eigenvalue weighted by Gasteiger charge is 2.23. The van der Waals surface area contributed by atoms with E-state index in [4.69, 9.17) is 4.42 Å². The molecule has 5 nitrogen and oxygen atoms in total. The molecule has 2 heterocycles. The Balaban J connectivity index is 2.09. The Bertz CT molecular complexity index is 951. The summed E-state index contributed by atoms with van der Waals surface area (Å²) in [5, 5.41) is -0.507. The van der Waals surface area contributed by atoms with Crippen LogP contribution in [0.5, 0.6) is 0 Å². The fraction of sp³-hybridized carbons (Fsp3) is 0.200. The summed E-state index contributed by atoms with van der Waals surface area (Å²) in [6.45, 7) is 3.27. The molecule has 3 rings (SSSR count). The topological polar surface area (TPSA) is 77.2 Å². The number of benzene rings is 1. The molecule has 0 aliphatic rings. The van der Waals surface area contributed by atoms with Crippen LogP contribution in [0.1, 0.15) is 24.4 Å². The zero-order valence-electron chi connectivity index (χ0n) is 11.9. The number of fused-ring (bicyclic) bond motifs is 1. The lowest BCUT2D eigenvalue weighted by molar-refractivity contribution is 0.110. The van der Waals surface area contributed by atoms with E-state index in [0.29, 0.717) is 17.6 Å². The average Bonchev–Trinajstić information content (AvgIpc) is 3.12. The highest BCUT2D eigenvalue weighted by atomic mass is 32.2. The van der Waals surface area contributed by atoms with Gasteiger partial charge in [0.25, 0.3) is 0 Å². The van der Waals surface area contributed by atoms with E-state index in [0.717, 1.165) is 21.6 Å². The van der Waals surface area contributed by atoms with Crippen molar-refractivity contribution < 1.29 is 17.6 Å². The van der Waals surface area contributed by atoms with Crippen molar-refractivity contribution in [1.82, 2.24) is 4.98 Å². The van der Waals surface area contributed by atoms with Crippen molar-refractivity contribution >= 4 is 37.7 Å². The predicted molar refractivity (Wildman–Crippen MR) is 85.0 cm³/mol. The van der Waals surface area contributed by atoms with Crippen molar-refractivity contribution in [2.75, 3.05) is 0 Å². The number of aromatic nitrogens is 1. The third kappa shape index (κ3) is 2.46. The molecule has 22 heavy (non-hydrogen) atoms. The SMILES string of the molecule is CC(C)S(=O)(=O)c1nc2ccc(-c3ccc(C=O)o3)cc2s1. The molecule has 0 saturated carbocycles. The van der Waals surface area contributed by atoms with Crippen LogP contribution in [0.15, 0.2) is 39.1 Å². The number of sulfone groups is 1. The van der Waals surface area contributed by atoms with Crippen LogP contribution >= 0.6 is 11.3 Å². The molecule has 7 heteroatoms. The van der Waals surface area contributed by atoms with Gasteiger partial charge in [-0.2, -0.15) is 0 Å². The maximum absolute atomic E-state index is 12.2. The maximum atomic E-state index is 12.2. The summed E-state index contributed by atoms with van der Waals surface area (Å²) in [4.78, 5) is 14.9. The van der Waals surface area contributed by atoms with Crippen LogP contribution in [-0.2, 0) is 9.84 Å². The molecule has 0 saturated heterocycles. The summed E-state index contributed by atoms with van der Waals surface area (Å²) in [6.07, 6.45) is 0.641. The number of rotatable bonds is 4. The first-order valence-corrected chi connectivity index (χ1v) is 8.98. The molecule has 0 spiro atoms. The molecule has 0 radical (unpaired) electrons. The van der Waals surface area contributed by atoms with Gasteiger partial charge >= 0.3 is 0 Å². The summed E-state index contributed by atoms with van der Waals surface area (Å²) in [7, 11) is -3.38. The summed E-state index contributed by atoms with van der Waals surface area (Å²) < 4.78 is 30.6. The first kappa shape index (κ1) is 14.9. The Morgan fingerprint density at radius 3 is 2.64 bits per heavy atom. The maximum Gasteiger partial charge on any atom is 0.210 e. The van der Waals surface area contributed by atoms with Gasteiger partial charge in [0, 0.05) is 5.56 Å². The van der Waals surface area contributed by atoms with Crippen LogP contribution in [0.3, 0.4) is 0 Å². The Morgan fingerprint density at radius 1 is 1.23 bits per heavy atom. The van der Waals surface area contributed by atoms with Crippen molar-refractivity contribution in [3.8, 4) is 11.3 Å². The van der Waals surface area contributed by atoms with E-state index in [2.05, 4.69) is 4.98 Å². The van der Waals surface area contributed by atoms with E-state index in [9.17, 15) is 13.2 Å². The number of hydrogen-bond acceptors (Lipinski definition) is 6. The fourth-order valence-corrected chi connectivity index (χ4v) is 4.63. The number of nitrogens with zero attached hydrogens (tertiary/aromatic N) is 1. The summed E-state index contributed by atoms with van der Waals surface area (Å²) in [5.41, 5.74) is 1.41. The van der Waals surface area contributed by atoms with Gasteiger partial charge in [-0.1, -0.05) is 0 Å². The number of furan rings is 1. The Morgan fingerprint density at radius 2 is 2.00 bits per heavy atom. The van der Waals surface area contributed by atoms with E-state index >= 15 is 0 Å². The normalized spacial score (nSPS) is 12.1. The first-order chi connectivity index (χ1) is 10.4. The quantitative estimate of drug-likeness (QED) is 0.681. The van der Waals surface area contributed by atoms with Crippen LogP contribution in [0.2, 0.25) is 0 Å². The average molecular weight is 335 g/mol. The van der Waals surface area contributed by atoms with E-state index in [-0.39, 0.29) is 10.1 Å². The minimum absolute atomic E-state index is 0.127. The zero-order valence-corrected chi connectivity index (χ0v) is 13.6. The smallest absolute Gasteiger partial charge is 0.210 e. The molecule has 0 atom stereocenters. The first-order valence-electron chi connectivity index (χ1n) is 6.61. The minimum Gasteiger partial charge on any atom is -0.453 e. The van der Waals surface area contributed by atoms with Crippen LogP contribution in [0.4, 0.5) is 0 Å². The lowest BCUT2D eigenvalue weighted by Gasteiger charge is -2.01. The molecule has 0 N–H and O–H groups in total. The van der Waals surface area contributed by atoms with Gasteiger partial charge in [-0.25, -0.2) is 13.4 Å². The molecule has 3 aromatic rings. The second-order valence-corrected chi connectivity index (χ2v) is 8.78. The van der Waals surface area contributed by atoms with Crippen molar-refractivity contribution in [2.24, 2.45) is 0 Å². The minimum atomic E-state index is -3.38. The van der Waals surface area contributed by atoms with E-state index in [1.165, 1.54) is 0 Å². The van der Waals surface area contributed by atoms with E-state index < -0.39 is 15.1 Å². The molecule has 2 aromatic heterocycles. The van der Waals surface area contributed by atoms with Gasteiger partial charge in [0.15, 0.2) is 12.0 Å². The number of hydrogen-bond donors (Lipinski definition) is 0. The number of carbonyl (C=O) groups is 1. The van der Waals surface area contributed by atoms with Crippen molar-refractivity contribution in [2.45, 2.75) is 23.4 Å².